The van der Waals surface area contributed by atoms with E-state index in [1.54, 1.807) is 6.07 Å². The summed E-state index contributed by atoms with van der Waals surface area (Å²) in [5.74, 6) is 0.725. The van der Waals surface area contributed by atoms with Gasteiger partial charge in [-0.1, -0.05) is 18.0 Å². The van der Waals surface area contributed by atoms with Crippen molar-refractivity contribution in [2.45, 2.75) is 31.7 Å². The Morgan fingerprint density at radius 2 is 2.17 bits per heavy atom. The van der Waals surface area contributed by atoms with E-state index in [2.05, 4.69) is 14.9 Å². The van der Waals surface area contributed by atoms with Crippen molar-refractivity contribution < 1.29 is 5.11 Å². The maximum atomic E-state index is 9.54. The van der Waals surface area contributed by atoms with Gasteiger partial charge in [0, 0.05) is 12.6 Å². The molecule has 2 heterocycles. The van der Waals surface area contributed by atoms with Gasteiger partial charge in [0.25, 0.3) is 0 Å². The van der Waals surface area contributed by atoms with Crippen molar-refractivity contribution in [2.75, 3.05) is 18.1 Å². The number of aliphatic hydroxyl groups excluding tert-OH is 1. The zero-order valence-corrected chi connectivity index (χ0v) is 11.5. The van der Waals surface area contributed by atoms with Crippen molar-refractivity contribution in [1.29, 1.82) is 0 Å². The van der Waals surface area contributed by atoms with Crippen molar-refractivity contribution in [3.63, 3.8) is 0 Å². The van der Waals surface area contributed by atoms with Crippen LogP contribution >= 0.6 is 23.2 Å². The van der Waals surface area contributed by atoms with Crippen LogP contribution in [0.4, 0.5) is 5.82 Å². The van der Waals surface area contributed by atoms with Gasteiger partial charge >= 0.3 is 0 Å². The molecule has 3 rings (SSSR count). The van der Waals surface area contributed by atoms with E-state index in [9.17, 15) is 5.11 Å². The smallest absolute Gasteiger partial charge is 0.225 e. The third-order valence-corrected chi connectivity index (χ3v) is 4.55. The predicted molar refractivity (Wildman–Crippen MR) is 71.2 cm³/mol. The van der Waals surface area contributed by atoms with Crippen LogP contribution in [-0.4, -0.2) is 34.3 Å². The maximum Gasteiger partial charge on any atom is 0.225 e. The highest BCUT2D eigenvalue weighted by atomic mass is 35.5. The number of anilines is 1. The minimum atomic E-state index is 0.118. The second-order valence-corrected chi connectivity index (χ2v) is 6.07. The summed E-state index contributed by atoms with van der Waals surface area (Å²) < 4.78 is 0. The largest absolute Gasteiger partial charge is 0.394 e. The van der Waals surface area contributed by atoms with Crippen LogP contribution in [0.2, 0.25) is 10.4 Å². The van der Waals surface area contributed by atoms with Crippen LogP contribution in [-0.2, 0) is 0 Å². The molecule has 1 aliphatic heterocycles. The lowest BCUT2D eigenvalue weighted by atomic mass is 9.67. The van der Waals surface area contributed by atoms with E-state index in [1.165, 1.54) is 19.3 Å². The van der Waals surface area contributed by atoms with Gasteiger partial charge < -0.3 is 10.0 Å². The Morgan fingerprint density at radius 1 is 1.39 bits per heavy atom. The van der Waals surface area contributed by atoms with Crippen LogP contribution in [0.1, 0.15) is 25.7 Å². The third kappa shape index (κ3) is 2.06. The second kappa shape index (κ2) is 4.51. The molecule has 1 N–H and O–H groups in total. The monoisotopic (exact) mass is 287 g/mol. The number of rotatable bonds is 2. The van der Waals surface area contributed by atoms with Gasteiger partial charge in [-0.3, -0.25) is 0 Å². The highest BCUT2D eigenvalue weighted by Crippen LogP contribution is 2.51. The molecular formula is C12H15Cl2N3O. The molecule has 2 aliphatic rings. The van der Waals surface area contributed by atoms with Gasteiger partial charge in [0.2, 0.25) is 5.28 Å². The van der Waals surface area contributed by atoms with E-state index in [1.807, 2.05) is 0 Å². The van der Waals surface area contributed by atoms with E-state index in [0.29, 0.717) is 10.6 Å². The number of hydrogen-bond donors (Lipinski definition) is 1. The lowest BCUT2D eigenvalue weighted by Gasteiger charge is -2.38. The van der Waals surface area contributed by atoms with Crippen LogP contribution in [0.25, 0.3) is 0 Å². The molecule has 2 fully saturated rings. The molecule has 1 unspecified atom stereocenters. The average molecular weight is 288 g/mol. The van der Waals surface area contributed by atoms with Crippen molar-refractivity contribution in [3.05, 3.63) is 16.5 Å². The molecule has 1 spiro atoms. The predicted octanol–water partition coefficient (Wildman–Crippen LogP) is 2.52. The van der Waals surface area contributed by atoms with Gasteiger partial charge in [0.05, 0.1) is 12.6 Å². The molecule has 18 heavy (non-hydrogen) atoms. The Labute approximate surface area is 116 Å². The molecule has 1 aromatic rings. The van der Waals surface area contributed by atoms with Gasteiger partial charge in [-0.25, -0.2) is 9.97 Å². The average Bonchev–Trinajstić information content (AvgIpc) is 2.67. The summed E-state index contributed by atoms with van der Waals surface area (Å²) in [6, 6.07) is 1.83. The Balaban J connectivity index is 1.89. The van der Waals surface area contributed by atoms with Gasteiger partial charge in [-0.05, 0) is 36.3 Å². The number of aromatic nitrogens is 2. The fraction of sp³-hybridized carbons (Fsp3) is 0.667. The molecule has 1 saturated carbocycles. The topological polar surface area (TPSA) is 49.2 Å². The summed E-state index contributed by atoms with van der Waals surface area (Å²) in [7, 11) is 0. The summed E-state index contributed by atoms with van der Waals surface area (Å²) in [5, 5.41) is 10.0. The van der Waals surface area contributed by atoms with Crippen molar-refractivity contribution in [1.82, 2.24) is 9.97 Å². The van der Waals surface area contributed by atoms with E-state index in [-0.39, 0.29) is 17.9 Å². The number of halogens is 2. The SMILES string of the molecule is OCC1CC2(CCC2)CN1c1cc(Cl)nc(Cl)n1. The van der Waals surface area contributed by atoms with Crippen LogP contribution in [0.15, 0.2) is 6.07 Å². The summed E-state index contributed by atoms with van der Waals surface area (Å²) >= 11 is 11.8. The minimum absolute atomic E-state index is 0.118. The first kappa shape index (κ1) is 12.5. The summed E-state index contributed by atoms with van der Waals surface area (Å²) in [5.41, 5.74) is 0.372. The quantitative estimate of drug-likeness (QED) is 0.671. The molecule has 0 amide bonds. The van der Waals surface area contributed by atoms with E-state index in [0.717, 1.165) is 18.8 Å². The molecule has 1 aromatic heterocycles. The van der Waals surface area contributed by atoms with Crippen molar-refractivity contribution >= 4 is 29.0 Å². The third-order valence-electron chi connectivity index (χ3n) is 4.19. The highest BCUT2D eigenvalue weighted by molar-refractivity contribution is 6.32. The van der Waals surface area contributed by atoms with Crippen LogP contribution in [0.5, 0.6) is 0 Å². The summed E-state index contributed by atoms with van der Waals surface area (Å²) in [6.07, 6.45) is 4.80. The van der Waals surface area contributed by atoms with Gasteiger partial charge in [0.1, 0.15) is 11.0 Å². The molecular weight excluding hydrogens is 273 g/mol. The molecule has 0 aromatic carbocycles. The normalized spacial score (nSPS) is 25.5. The van der Waals surface area contributed by atoms with Gasteiger partial charge in [-0.2, -0.15) is 0 Å². The Hall–Kier alpha value is -0.580. The van der Waals surface area contributed by atoms with Crippen LogP contribution in [0.3, 0.4) is 0 Å². The summed E-state index contributed by atoms with van der Waals surface area (Å²) in [4.78, 5) is 10.2. The Kier molecular flexibility index (Phi) is 3.12. The first-order valence-corrected chi connectivity index (χ1v) is 6.95. The Morgan fingerprint density at radius 3 is 2.72 bits per heavy atom. The van der Waals surface area contributed by atoms with E-state index in [4.69, 9.17) is 23.2 Å². The molecule has 4 nitrogen and oxygen atoms in total. The minimum Gasteiger partial charge on any atom is -0.394 e. The maximum absolute atomic E-state index is 9.54. The number of nitrogens with zero attached hydrogens (tertiary/aromatic N) is 3. The fourth-order valence-electron chi connectivity index (χ4n) is 3.16. The van der Waals surface area contributed by atoms with Crippen LogP contribution < -0.4 is 4.90 Å². The van der Waals surface area contributed by atoms with Crippen molar-refractivity contribution in [3.8, 4) is 0 Å². The molecule has 98 valence electrons. The summed E-state index contributed by atoms with van der Waals surface area (Å²) in [6.45, 7) is 1.07. The number of aliphatic hydroxyl groups is 1. The zero-order chi connectivity index (χ0) is 12.8. The molecule has 1 aliphatic carbocycles. The Bertz CT molecular complexity index is 444. The molecule has 1 atom stereocenters. The lowest BCUT2D eigenvalue weighted by Crippen LogP contribution is -2.35. The van der Waals surface area contributed by atoms with Crippen LogP contribution in [0, 0.1) is 5.41 Å². The van der Waals surface area contributed by atoms with Gasteiger partial charge in [0.15, 0.2) is 0 Å². The van der Waals surface area contributed by atoms with E-state index < -0.39 is 0 Å². The second-order valence-electron chi connectivity index (χ2n) is 5.34. The zero-order valence-electron chi connectivity index (χ0n) is 9.94. The van der Waals surface area contributed by atoms with Gasteiger partial charge in [-0.15, -0.1) is 0 Å². The molecule has 1 saturated heterocycles. The fourth-order valence-corrected chi connectivity index (χ4v) is 3.56. The standard InChI is InChI=1S/C12H15Cl2N3O/c13-9-4-10(16-11(14)15-9)17-7-12(2-1-3-12)5-8(17)6-18/h4,8,18H,1-3,5-7H2. The molecule has 6 heteroatoms. The molecule has 0 bridgehead atoms. The van der Waals surface area contributed by atoms with E-state index >= 15 is 0 Å². The highest BCUT2D eigenvalue weighted by Gasteiger charge is 2.47. The number of hydrogen-bond acceptors (Lipinski definition) is 4. The lowest BCUT2D eigenvalue weighted by molar-refractivity contribution is 0.151. The molecule has 0 radical (unpaired) electrons. The first-order valence-electron chi connectivity index (χ1n) is 6.19. The van der Waals surface area contributed by atoms with Crippen molar-refractivity contribution in [2.24, 2.45) is 5.41 Å². The first-order chi connectivity index (χ1) is 8.62.